The molecular weight excluding hydrogens is 216 g/mol. The second-order valence-electron chi connectivity index (χ2n) is 3.94. The van der Waals surface area contributed by atoms with Crippen LogP contribution < -0.4 is 10.1 Å². The fraction of sp³-hybridized carbons (Fsp3) is 0.308. The Morgan fingerprint density at radius 1 is 1.47 bits per heavy atom. The predicted octanol–water partition coefficient (Wildman–Crippen LogP) is 1.86. The first-order chi connectivity index (χ1) is 8.22. The van der Waals surface area contributed by atoms with Gasteiger partial charge in [-0.2, -0.15) is 0 Å². The van der Waals surface area contributed by atoms with Crippen molar-refractivity contribution < 1.29 is 9.53 Å². The highest BCUT2D eigenvalue weighted by Crippen LogP contribution is 2.29. The summed E-state index contributed by atoms with van der Waals surface area (Å²) in [6.07, 6.45) is 2.86. The summed E-state index contributed by atoms with van der Waals surface area (Å²) in [4.78, 5) is 14.3. The van der Waals surface area contributed by atoms with Gasteiger partial charge in [-0.25, -0.2) is 0 Å². The van der Waals surface area contributed by atoms with E-state index in [-0.39, 0.29) is 5.97 Å². The Morgan fingerprint density at radius 2 is 2.29 bits per heavy atom. The van der Waals surface area contributed by atoms with Gasteiger partial charge in [-0.3, -0.25) is 4.79 Å². The number of nitrogens with one attached hydrogen (secondary N) is 2. The van der Waals surface area contributed by atoms with E-state index in [1.54, 1.807) is 0 Å². The topological polar surface area (TPSA) is 54.1 Å². The normalized spacial score (nSPS) is 10.7. The van der Waals surface area contributed by atoms with Crippen LogP contribution in [0.3, 0.4) is 0 Å². The molecule has 1 aromatic carbocycles. The summed E-state index contributed by atoms with van der Waals surface area (Å²) < 4.78 is 5.23. The Labute approximate surface area is 100.0 Å². The van der Waals surface area contributed by atoms with E-state index in [1.165, 1.54) is 6.92 Å². The number of aromatic nitrogens is 1. The molecule has 0 unspecified atom stereocenters. The molecule has 0 saturated carbocycles. The van der Waals surface area contributed by atoms with E-state index >= 15 is 0 Å². The highest BCUT2D eigenvalue weighted by atomic mass is 16.5. The quantitative estimate of drug-likeness (QED) is 0.625. The number of likely N-dealkylation sites (N-methyl/N-ethyl adjacent to an activating group) is 1. The van der Waals surface area contributed by atoms with Crippen molar-refractivity contribution in [2.75, 3.05) is 13.6 Å². The third-order valence-corrected chi connectivity index (χ3v) is 2.65. The van der Waals surface area contributed by atoms with Crippen LogP contribution in [0.15, 0.2) is 24.4 Å². The maximum atomic E-state index is 11.1. The summed E-state index contributed by atoms with van der Waals surface area (Å²) in [5.74, 6) is 0.334. The number of carbonyl (C=O) groups is 1. The molecule has 17 heavy (non-hydrogen) atoms. The minimum Gasteiger partial charge on any atom is -0.426 e. The Hall–Kier alpha value is -1.81. The first kappa shape index (κ1) is 11.7. The minimum absolute atomic E-state index is 0.293. The van der Waals surface area contributed by atoms with E-state index in [4.69, 9.17) is 4.74 Å². The standard InChI is InChI=1S/C13H16N2O2/c1-9(16)17-12-5-3-4-11-13(12)10(8-15-11)6-7-14-2/h3-5,8,14-15H,6-7H2,1-2H3. The molecule has 0 aliphatic rings. The third-order valence-electron chi connectivity index (χ3n) is 2.65. The van der Waals surface area contributed by atoms with Crippen molar-refractivity contribution in [1.29, 1.82) is 0 Å². The number of fused-ring (bicyclic) bond motifs is 1. The molecule has 0 radical (unpaired) electrons. The molecule has 4 heteroatoms. The van der Waals surface area contributed by atoms with Crippen molar-refractivity contribution in [1.82, 2.24) is 10.3 Å². The van der Waals surface area contributed by atoms with Crippen LogP contribution in [0.2, 0.25) is 0 Å². The van der Waals surface area contributed by atoms with Crippen LogP contribution in [0.5, 0.6) is 5.75 Å². The Bertz CT molecular complexity index is 531. The van der Waals surface area contributed by atoms with Gasteiger partial charge in [0.1, 0.15) is 5.75 Å². The number of hydrogen-bond donors (Lipinski definition) is 2. The highest BCUT2D eigenvalue weighted by Gasteiger charge is 2.10. The fourth-order valence-corrected chi connectivity index (χ4v) is 1.92. The lowest BCUT2D eigenvalue weighted by Crippen LogP contribution is -2.10. The smallest absolute Gasteiger partial charge is 0.308 e. The van der Waals surface area contributed by atoms with Gasteiger partial charge < -0.3 is 15.0 Å². The Kier molecular flexibility index (Phi) is 3.44. The van der Waals surface area contributed by atoms with Gasteiger partial charge in [-0.05, 0) is 37.7 Å². The number of esters is 1. The average Bonchev–Trinajstić information content (AvgIpc) is 2.70. The molecule has 2 rings (SSSR count). The van der Waals surface area contributed by atoms with E-state index in [9.17, 15) is 4.79 Å². The van der Waals surface area contributed by atoms with Crippen molar-refractivity contribution >= 4 is 16.9 Å². The molecule has 0 bridgehead atoms. The zero-order valence-electron chi connectivity index (χ0n) is 10.0. The van der Waals surface area contributed by atoms with Crippen LogP contribution in [0.4, 0.5) is 0 Å². The van der Waals surface area contributed by atoms with Gasteiger partial charge in [0.25, 0.3) is 0 Å². The van der Waals surface area contributed by atoms with Gasteiger partial charge in [0.05, 0.1) is 0 Å². The van der Waals surface area contributed by atoms with Crippen LogP contribution in [0.25, 0.3) is 10.9 Å². The fourth-order valence-electron chi connectivity index (χ4n) is 1.92. The molecule has 1 heterocycles. The predicted molar refractivity (Wildman–Crippen MR) is 67.2 cm³/mol. The van der Waals surface area contributed by atoms with Crippen LogP contribution in [-0.4, -0.2) is 24.5 Å². The van der Waals surface area contributed by atoms with Gasteiger partial charge in [0.15, 0.2) is 0 Å². The molecule has 90 valence electrons. The maximum Gasteiger partial charge on any atom is 0.308 e. The van der Waals surface area contributed by atoms with Crippen LogP contribution in [0, 0.1) is 0 Å². The molecule has 0 aliphatic heterocycles. The molecule has 0 spiro atoms. The molecule has 4 nitrogen and oxygen atoms in total. The molecule has 0 aliphatic carbocycles. The lowest BCUT2D eigenvalue weighted by molar-refractivity contribution is -0.131. The SMILES string of the molecule is CNCCc1c[nH]c2cccc(OC(C)=O)c12. The van der Waals surface area contributed by atoms with E-state index in [1.807, 2.05) is 31.4 Å². The number of aromatic amines is 1. The summed E-state index contributed by atoms with van der Waals surface area (Å²) >= 11 is 0. The molecule has 0 amide bonds. The maximum absolute atomic E-state index is 11.1. The van der Waals surface area contributed by atoms with Crippen molar-refractivity contribution in [2.24, 2.45) is 0 Å². The molecule has 1 aromatic heterocycles. The first-order valence-corrected chi connectivity index (χ1v) is 5.64. The largest absolute Gasteiger partial charge is 0.426 e. The molecule has 2 N–H and O–H groups in total. The zero-order chi connectivity index (χ0) is 12.3. The van der Waals surface area contributed by atoms with E-state index in [0.29, 0.717) is 5.75 Å². The summed E-state index contributed by atoms with van der Waals surface area (Å²) in [5, 5.41) is 4.11. The van der Waals surface area contributed by atoms with Crippen molar-refractivity contribution in [3.05, 3.63) is 30.0 Å². The third kappa shape index (κ3) is 2.47. The number of H-pyrrole nitrogens is 1. The zero-order valence-corrected chi connectivity index (χ0v) is 10.0. The van der Waals surface area contributed by atoms with E-state index in [0.717, 1.165) is 29.4 Å². The molecule has 0 atom stereocenters. The number of benzene rings is 1. The molecule has 0 saturated heterocycles. The second-order valence-corrected chi connectivity index (χ2v) is 3.94. The molecule has 2 aromatic rings. The summed E-state index contributed by atoms with van der Waals surface area (Å²) in [7, 11) is 1.92. The molecular formula is C13H16N2O2. The monoisotopic (exact) mass is 232 g/mol. The van der Waals surface area contributed by atoms with Crippen molar-refractivity contribution in [3.63, 3.8) is 0 Å². The lowest BCUT2D eigenvalue weighted by Gasteiger charge is -2.05. The lowest BCUT2D eigenvalue weighted by atomic mass is 10.1. The summed E-state index contributed by atoms with van der Waals surface area (Å²) in [6.45, 7) is 2.31. The number of carbonyl (C=O) groups excluding carboxylic acids is 1. The van der Waals surface area contributed by atoms with Crippen LogP contribution in [-0.2, 0) is 11.2 Å². The van der Waals surface area contributed by atoms with E-state index in [2.05, 4.69) is 10.3 Å². The summed E-state index contributed by atoms with van der Waals surface area (Å²) in [6, 6.07) is 5.67. The average molecular weight is 232 g/mol. The van der Waals surface area contributed by atoms with Gasteiger partial charge in [0.2, 0.25) is 0 Å². The van der Waals surface area contributed by atoms with Crippen molar-refractivity contribution in [2.45, 2.75) is 13.3 Å². The van der Waals surface area contributed by atoms with Gasteiger partial charge in [-0.1, -0.05) is 6.07 Å². The van der Waals surface area contributed by atoms with E-state index < -0.39 is 0 Å². The van der Waals surface area contributed by atoms with Gasteiger partial charge in [0, 0.05) is 24.0 Å². The minimum atomic E-state index is -0.293. The second kappa shape index (κ2) is 5.01. The molecule has 0 fully saturated rings. The first-order valence-electron chi connectivity index (χ1n) is 5.64. The number of ether oxygens (including phenoxy) is 1. The van der Waals surface area contributed by atoms with Gasteiger partial charge >= 0.3 is 5.97 Å². The van der Waals surface area contributed by atoms with Crippen LogP contribution in [0.1, 0.15) is 12.5 Å². The number of rotatable bonds is 4. The van der Waals surface area contributed by atoms with Gasteiger partial charge in [-0.15, -0.1) is 0 Å². The number of hydrogen-bond acceptors (Lipinski definition) is 3. The summed E-state index contributed by atoms with van der Waals surface area (Å²) in [5.41, 5.74) is 2.15. The Morgan fingerprint density at radius 3 is 3.00 bits per heavy atom. The Balaban J connectivity index is 2.43. The van der Waals surface area contributed by atoms with Crippen LogP contribution >= 0.6 is 0 Å². The van der Waals surface area contributed by atoms with Crippen molar-refractivity contribution in [3.8, 4) is 5.75 Å². The highest BCUT2D eigenvalue weighted by molar-refractivity contribution is 5.91.